The standard InChI is InChI=1S/C31H31F3N2O2S/c1-39(37,38)27-11-7-9-24(21-27)23-15-17-25(18-16-23)36-22-26(35-19-5-2-6-20-35)10-8-14-30(36)28-12-3-4-13-29(28)31(32,33)34/h3-4,7,9,11-18,21-22H,2,5-6,8,10,19-20H2,1H3. The fraction of sp³-hybridized carbons (Fsp3) is 0.290. The van der Waals surface area contributed by atoms with E-state index in [-0.39, 0.29) is 10.5 Å². The number of anilines is 1. The van der Waals surface area contributed by atoms with Gasteiger partial charge in [0, 0.05) is 48.2 Å². The minimum Gasteiger partial charge on any atom is -0.374 e. The van der Waals surface area contributed by atoms with Crippen molar-refractivity contribution in [2.45, 2.75) is 43.2 Å². The Morgan fingerprint density at radius 2 is 1.54 bits per heavy atom. The lowest BCUT2D eigenvalue weighted by Crippen LogP contribution is -2.30. The smallest absolute Gasteiger partial charge is 0.374 e. The first-order chi connectivity index (χ1) is 18.6. The zero-order chi connectivity index (χ0) is 27.6. The molecule has 0 amide bonds. The molecule has 0 atom stereocenters. The third-order valence-corrected chi connectivity index (χ3v) is 8.40. The van der Waals surface area contributed by atoms with Crippen molar-refractivity contribution < 1.29 is 21.6 Å². The minimum atomic E-state index is -4.48. The van der Waals surface area contributed by atoms with Gasteiger partial charge in [0.15, 0.2) is 9.84 Å². The molecule has 0 unspecified atom stereocenters. The molecule has 2 heterocycles. The van der Waals surface area contributed by atoms with Crippen LogP contribution in [0.3, 0.4) is 0 Å². The minimum absolute atomic E-state index is 0.145. The number of nitrogens with zero attached hydrogens (tertiary/aromatic N) is 2. The summed E-state index contributed by atoms with van der Waals surface area (Å²) < 4.78 is 66.2. The van der Waals surface area contributed by atoms with Gasteiger partial charge in [-0.3, -0.25) is 0 Å². The van der Waals surface area contributed by atoms with E-state index in [1.54, 1.807) is 24.3 Å². The van der Waals surface area contributed by atoms with Crippen molar-refractivity contribution in [2.75, 3.05) is 24.2 Å². The van der Waals surface area contributed by atoms with Crippen LogP contribution in [0.25, 0.3) is 16.8 Å². The molecule has 204 valence electrons. The van der Waals surface area contributed by atoms with E-state index in [1.807, 2.05) is 47.5 Å². The average Bonchev–Trinajstić information content (AvgIpc) is 3.16. The Balaban J connectivity index is 1.58. The van der Waals surface area contributed by atoms with Crippen LogP contribution in [-0.4, -0.2) is 32.7 Å². The fourth-order valence-corrected chi connectivity index (χ4v) is 5.95. The van der Waals surface area contributed by atoms with E-state index in [0.29, 0.717) is 12.1 Å². The Morgan fingerprint density at radius 3 is 2.23 bits per heavy atom. The number of sulfone groups is 1. The van der Waals surface area contributed by atoms with Crippen molar-refractivity contribution >= 4 is 21.2 Å². The number of benzene rings is 3. The highest BCUT2D eigenvalue weighted by molar-refractivity contribution is 7.90. The van der Waals surface area contributed by atoms with Crippen molar-refractivity contribution in [1.29, 1.82) is 0 Å². The molecule has 0 spiro atoms. The monoisotopic (exact) mass is 552 g/mol. The fourth-order valence-electron chi connectivity index (χ4n) is 5.29. The Kier molecular flexibility index (Phi) is 7.58. The summed E-state index contributed by atoms with van der Waals surface area (Å²) in [6, 6.07) is 20.0. The number of alkyl halides is 3. The number of allylic oxidation sites excluding steroid dienone is 2. The lowest BCUT2D eigenvalue weighted by molar-refractivity contribution is -0.137. The second-order valence-electron chi connectivity index (χ2n) is 10.1. The molecule has 0 saturated carbocycles. The van der Waals surface area contributed by atoms with Gasteiger partial charge in [-0.25, -0.2) is 8.42 Å². The third-order valence-electron chi connectivity index (χ3n) is 7.29. The van der Waals surface area contributed by atoms with Gasteiger partial charge < -0.3 is 9.80 Å². The second kappa shape index (κ2) is 10.9. The van der Waals surface area contributed by atoms with Crippen LogP contribution in [0.4, 0.5) is 18.9 Å². The molecule has 0 N–H and O–H groups in total. The largest absolute Gasteiger partial charge is 0.417 e. The first-order valence-corrected chi connectivity index (χ1v) is 15.0. The van der Waals surface area contributed by atoms with Crippen molar-refractivity contribution in [1.82, 2.24) is 4.90 Å². The van der Waals surface area contributed by atoms with Crippen LogP contribution in [-0.2, 0) is 16.0 Å². The van der Waals surface area contributed by atoms with Gasteiger partial charge in [0.1, 0.15) is 0 Å². The molecule has 5 rings (SSSR count). The van der Waals surface area contributed by atoms with Gasteiger partial charge in [0.25, 0.3) is 0 Å². The van der Waals surface area contributed by atoms with E-state index in [1.165, 1.54) is 24.8 Å². The second-order valence-corrected chi connectivity index (χ2v) is 12.1. The van der Waals surface area contributed by atoms with Crippen molar-refractivity contribution in [2.24, 2.45) is 0 Å². The molecule has 2 aliphatic rings. The van der Waals surface area contributed by atoms with Gasteiger partial charge in [-0.05, 0) is 73.6 Å². The van der Waals surface area contributed by atoms with Crippen LogP contribution in [0.5, 0.6) is 0 Å². The maximum atomic E-state index is 14.0. The quantitative estimate of drug-likeness (QED) is 0.325. The summed E-state index contributed by atoms with van der Waals surface area (Å²) in [6.07, 6.45) is 5.39. The van der Waals surface area contributed by atoms with Gasteiger partial charge >= 0.3 is 6.18 Å². The number of rotatable bonds is 5. The summed E-state index contributed by atoms with van der Waals surface area (Å²) in [5.74, 6) is 0. The summed E-state index contributed by atoms with van der Waals surface area (Å²) in [5, 5.41) is 0. The highest BCUT2D eigenvalue weighted by Crippen LogP contribution is 2.40. The number of likely N-dealkylation sites (tertiary alicyclic amines) is 1. The molecule has 39 heavy (non-hydrogen) atoms. The van der Waals surface area contributed by atoms with Gasteiger partial charge in [-0.1, -0.05) is 48.5 Å². The maximum Gasteiger partial charge on any atom is 0.417 e. The highest BCUT2D eigenvalue weighted by Gasteiger charge is 2.35. The molecule has 8 heteroatoms. The molecule has 0 bridgehead atoms. The topological polar surface area (TPSA) is 40.6 Å². The van der Waals surface area contributed by atoms with E-state index in [0.717, 1.165) is 60.9 Å². The zero-order valence-electron chi connectivity index (χ0n) is 21.8. The predicted molar refractivity (Wildman–Crippen MR) is 150 cm³/mol. The van der Waals surface area contributed by atoms with E-state index >= 15 is 0 Å². The predicted octanol–water partition coefficient (Wildman–Crippen LogP) is 7.74. The van der Waals surface area contributed by atoms with E-state index in [4.69, 9.17) is 0 Å². The molecule has 0 radical (unpaired) electrons. The van der Waals surface area contributed by atoms with E-state index < -0.39 is 21.6 Å². The molecule has 0 aromatic heterocycles. The highest BCUT2D eigenvalue weighted by atomic mass is 32.2. The number of halogens is 3. The SMILES string of the molecule is CS(=O)(=O)c1cccc(-c2ccc(N3C=C(N4CCCCC4)CCC=C3c3ccccc3C(F)(F)F)cc2)c1. The van der Waals surface area contributed by atoms with E-state index in [9.17, 15) is 21.6 Å². The zero-order valence-corrected chi connectivity index (χ0v) is 22.6. The van der Waals surface area contributed by atoms with Crippen molar-refractivity contribution in [3.63, 3.8) is 0 Å². The van der Waals surface area contributed by atoms with Crippen LogP contribution >= 0.6 is 0 Å². The van der Waals surface area contributed by atoms with Gasteiger partial charge in [-0.2, -0.15) is 13.2 Å². The number of hydrogen-bond donors (Lipinski definition) is 0. The van der Waals surface area contributed by atoms with Crippen LogP contribution in [0.15, 0.2) is 95.7 Å². The molecule has 1 saturated heterocycles. The van der Waals surface area contributed by atoms with Gasteiger partial charge in [0.2, 0.25) is 0 Å². The van der Waals surface area contributed by atoms with Crippen LogP contribution < -0.4 is 4.90 Å². The molecular formula is C31H31F3N2O2S. The number of piperidine rings is 1. The summed E-state index contributed by atoms with van der Waals surface area (Å²) in [6.45, 7) is 1.90. The van der Waals surface area contributed by atoms with Crippen molar-refractivity contribution in [3.05, 3.63) is 102 Å². The lowest BCUT2D eigenvalue weighted by atomic mass is 10.0. The Hall–Kier alpha value is -3.52. The Labute approximate surface area is 228 Å². The molecular weight excluding hydrogens is 521 g/mol. The third kappa shape index (κ3) is 6.06. The normalized spacial score (nSPS) is 16.9. The van der Waals surface area contributed by atoms with Gasteiger partial charge in [-0.15, -0.1) is 0 Å². The molecule has 3 aromatic carbocycles. The molecule has 0 aliphatic carbocycles. The molecule has 2 aliphatic heterocycles. The Bertz CT molecular complexity index is 1500. The molecule has 3 aromatic rings. The summed E-state index contributed by atoms with van der Waals surface area (Å²) in [5.41, 5.74) is 3.41. The van der Waals surface area contributed by atoms with Crippen LogP contribution in [0.1, 0.15) is 43.2 Å². The summed E-state index contributed by atoms with van der Waals surface area (Å²) in [4.78, 5) is 4.46. The van der Waals surface area contributed by atoms with E-state index in [2.05, 4.69) is 4.90 Å². The first-order valence-electron chi connectivity index (χ1n) is 13.1. The van der Waals surface area contributed by atoms with Crippen molar-refractivity contribution in [3.8, 4) is 11.1 Å². The summed E-state index contributed by atoms with van der Waals surface area (Å²) in [7, 11) is -3.35. The number of hydrogen-bond acceptors (Lipinski definition) is 4. The average molecular weight is 553 g/mol. The molecule has 1 fully saturated rings. The summed E-state index contributed by atoms with van der Waals surface area (Å²) >= 11 is 0. The lowest BCUT2D eigenvalue weighted by Gasteiger charge is -2.32. The van der Waals surface area contributed by atoms with Gasteiger partial charge in [0.05, 0.1) is 10.5 Å². The van der Waals surface area contributed by atoms with Crippen LogP contribution in [0, 0.1) is 0 Å². The maximum absolute atomic E-state index is 14.0. The van der Waals surface area contributed by atoms with Crippen LogP contribution in [0.2, 0.25) is 0 Å². The molecule has 4 nitrogen and oxygen atoms in total. The Morgan fingerprint density at radius 1 is 0.821 bits per heavy atom. The first kappa shape index (κ1) is 27.1.